The molecule has 0 radical (unpaired) electrons. The number of nitrogens with two attached hydrogens (primary N) is 1. The van der Waals surface area contributed by atoms with Gasteiger partial charge in [0.2, 0.25) is 0 Å². The number of fused-ring (bicyclic) bond motifs is 5. The van der Waals surface area contributed by atoms with Crippen LogP contribution < -0.4 is 10.5 Å². The Balaban J connectivity index is 1.29. The predicted molar refractivity (Wildman–Crippen MR) is 234 cm³/mol. The molecule has 0 saturated carbocycles. The second kappa shape index (κ2) is 14.8. The molecule has 0 aromatic heterocycles. The molecule has 2 aliphatic carbocycles. The molecular formula is C52H49NO4. The number of ketones is 1. The van der Waals surface area contributed by atoms with Crippen LogP contribution in [0.1, 0.15) is 96.0 Å². The molecule has 5 nitrogen and oxygen atoms in total. The normalized spacial score (nSPS) is 16.1. The predicted octanol–water partition coefficient (Wildman–Crippen LogP) is 12.1. The fourth-order valence-corrected chi connectivity index (χ4v) is 8.97. The third-order valence-electron chi connectivity index (χ3n) is 11.6. The third-order valence-corrected chi connectivity index (χ3v) is 11.6. The van der Waals surface area contributed by atoms with Gasteiger partial charge in [-0.15, -0.1) is 0 Å². The molecule has 3 N–H and O–H groups in total. The summed E-state index contributed by atoms with van der Waals surface area (Å²) >= 11 is 0. The van der Waals surface area contributed by atoms with Crippen molar-refractivity contribution in [3.63, 3.8) is 0 Å². The first kappa shape index (κ1) is 37.9. The van der Waals surface area contributed by atoms with Gasteiger partial charge in [0, 0.05) is 23.9 Å². The number of carboxylic acid groups (broad SMARTS) is 1. The monoisotopic (exact) mass is 751 g/mol. The average molecular weight is 752 g/mol. The Hall–Kier alpha value is -6.04. The number of allylic oxidation sites excluding steroid dienone is 5. The highest BCUT2D eigenvalue weighted by Crippen LogP contribution is 2.53. The van der Waals surface area contributed by atoms with Gasteiger partial charge in [0.25, 0.3) is 0 Å². The summed E-state index contributed by atoms with van der Waals surface area (Å²) in [6.07, 6.45) is 10.6. The zero-order chi connectivity index (χ0) is 40.1. The van der Waals surface area contributed by atoms with Crippen LogP contribution in [-0.4, -0.2) is 23.0 Å². The van der Waals surface area contributed by atoms with Crippen molar-refractivity contribution in [2.45, 2.75) is 71.9 Å². The summed E-state index contributed by atoms with van der Waals surface area (Å²) < 4.78 is 7.10. The number of hydrogen-bond acceptors (Lipinski definition) is 4. The first-order chi connectivity index (χ1) is 27.3. The topological polar surface area (TPSA) is 89.6 Å². The average Bonchev–Trinajstić information content (AvgIpc) is 3.18. The number of ether oxygens (including phenoxy) is 1. The molecule has 0 bridgehead atoms. The molecule has 0 saturated heterocycles. The van der Waals surface area contributed by atoms with Gasteiger partial charge in [-0.1, -0.05) is 136 Å². The van der Waals surface area contributed by atoms with Gasteiger partial charge in [-0.2, -0.15) is 0 Å². The maximum atomic E-state index is 14.4. The molecule has 1 atom stereocenters. The van der Waals surface area contributed by atoms with Crippen molar-refractivity contribution in [3.05, 3.63) is 172 Å². The van der Waals surface area contributed by atoms with Crippen molar-refractivity contribution >= 4 is 44.9 Å². The molecule has 6 aromatic carbocycles. The molecule has 0 heterocycles. The Morgan fingerprint density at radius 2 is 1.53 bits per heavy atom. The summed E-state index contributed by atoms with van der Waals surface area (Å²) in [4.78, 5) is 25.8. The number of aromatic carboxylic acids is 1. The summed E-state index contributed by atoms with van der Waals surface area (Å²) in [5.74, 6) is -0.320. The third kappa shape index (κ3) is 7.48. The van der Waals surface area contributed by atoms with Crippen LogP contribution in [0.2, 0.25) is 0 Å². The van der Waals surface area contributed by atoms with Gasteiger partial charge in [0.1, 0.15) is 5.75 Å². The fraction of sp³-hybridized carbons (Fsp3) is 0.231. The smallest absolute Gasteiger partial charge is 0.335 e. The number of rotatable bonds is 10. The molecule has 5 heteroatoms. The Morgan fingerprint density at radius 3 is 2.26 bits per heavy atom. The fourth-order valence-electron chi connectivity index (χ4n) is 8.97. The molecule has 0 fully saturated rings. The first-order valence-corrected chi connectivity index (χ1v) is 19.9. The van der Waals surface area contributed by atoms with E-state index in [2.05, 4.69) is 101 Å². The molecule has 1 unspecified atom stereocenters. The lowest BCUT2D eigenvalue weighted by atomic mass is 9.64. The number of benzene rings is 6. The van der Waals surface area contributed by atoms with Crippen LogP contribution in [0.4, 0.5) is 0 Å². The largest absolute Gasteiger partial charge is 0.490 e. The van der Waals surface area contributed by atoms with Crippen molar-refractivity contribution in [2.75, 3.05) is 0 Å². The van der Waals surface area contributed by atoms with Gasteiger partial charge >= 0.3 is 5.97 Å². The molecular weight excluding hydrogens is 703 g/mol. The van der Waals surface area contributed by atoms with Crippen molar-refractivity contribution in [3.8, 4) is 16.9 Å². The highest BCUT2D eigenvalue weighted by molar-refractivity contribution is 6.19. The molecule has 2 aliphatic rings. The number of carbonyl (C=O) groups is 2. The van der Waals surface area contributed by atoms with Crippen LogP contribution in [0, 0.1) is 5.41 Å². The Bertz CT molecular complexity index is 2660. The van der Waals surface area contributed by atoms with E-state index in [4.69, 9.17) is 10.5 Å². The molecule has 286 valence electrons. The minimum Gasteiger partial charge on any atom is -0.490 e. The van der Waals surface area contributed by atoms with E-state index in [0.717, 1.165) is 68.8 Å². The minimum atomic E-state index is -0.989. The maximum absolute atomic E-state index is 14.4. The Morgan fingerprint density at radius 1 is 0.825 bits per heavy atom. The van der Waals surface area contributed by atoms with E-state index in [1.807, 2.05) is 30.3 Å². The van der Waals surface area contributed by atoms with Gasteiger partial charge in [0.15, 0.2) is 5.78 Å². The Labute approximate surface area is 335 Å². The van der Waals surface area contributed by atoms with Gasteiger partial charge in [-0.25, -0.2) is 4.79 Å². The summed E-state index contributed by atoms with van der Waals surface area (Å²) in [5, 5.41) is 13.4. The van der Waals surface area contributed by atoms with Crippen molar-refractivity contribution in [1.82, 2.24) is 0 Å². The zero-order valence-electron chi connectivity index (χ0n) is 33.4. The lowest BCUT2D eigenvalue weighted by molar-refractivity contribution is 0.0696. The van der Waals surface area contributed by atoms with Crippen LogP contribution in [0.15, 0.2) is 133 Å². The first-order valence-electron chi connectivity index (χ1n) is 19.9. The standard InChI is InChI=1S/C52H49NO4/c1-32(26-34-10-12-35(31-53)13-11-34)57-46-28-39(27-38-20-22-44-41-24-25-51(2,3)29-40(41)30-52(4,5)49(44)47(38)46)43-21-19-36-8-6-7-9-42(36)48(43)45(54)23-16-33-14-17-37(18-15-33)50(55)56/h6-25,27-28,32H,26,29-31,53H2,1-5H3,(H,55,56). The summed E-state index contributed by atoms with van der Waals surface area (Å²) in [7, 11) is 0. The van der Waals surface area contributed by atoms with E-state index < -0.39 is 5.97 Å². The molecule has 0 aliphatic heterocycles. The quantitative estimate of drug-likeness (QED) is 0.107. The zero-order valence-corrected chi connectivity index (χ0v) is 33.4. The molecule has 0 spiro atoms. The molecule has 6 aromatic rings. The van der Waals surface area contributed by atoms with Crippen molar-refractivity contribution in [1.29, 1.82) is 0 Å². The molecule has 8 rings (SSSR count). The highest BCUT2D eigenvalue weighted by atomic mass is 16.5. The van der Waals surface area contributed by atoms with Gasteiger partial charge < -0.3 is 15.6 Å². The Kier molecular flexibility index (Phi) is 9.83. The van der Waals surface area contributed by atoms with Gasteiger partial charge in [-0.05, 0) is 122 Å². The lowest BCUT2D eigenvalue weighted by Gasteiger charge is -2.40. The van der Waals surface area contributed by atoms with Crippen LogP contribution >= 0.6 is 0 Å². The van der Waals surface area contributed by atoms with E-state index in [9.17, 15) is 14.7 Å². The van der Waals surface area contributed by atoms with Crippen molar-refractivity contribution < 1.29 is 19.4 Å². The second-order valence-electron chi connectivity index (χ2n) is 17.1. The SMILES string of the molecule is CC(Cc1ccc(CN)cc1)Oc1cc(-c2ccc3ccccc3c2C(=O)C=Cc2ccc(C(=O)O)cc2)cc2ccc3c(c12)C(C)(C)CC1=C3C=CC(C)(C)C1. The van der Waals surface area contributed by atoms with E-state index in [1.54, 1.807) is 36.4 Å². The molecule has 0 amide bonds. The van der Waals surface area contributed by atoms with E-state index >= 15 is 0 Å². The number of carboxylic acids is 1. The maximum Gasteiger partial charge on any atom is 0.335 e. The highest BCUT2D eigenvalue weighted by Gasteiger charge is 2.37. The summed E-state index contributed by atoms with van der Waals surface area (Å²) in [6, 6.07) is 35.9. The van der Waals surface area contributed by atoms with E-state index in [0.29, 0.717) is 12.1 Å². The summed E-state index contributed by atoms with van der Waals surface area (Å²) in [5.41, 5.74) is 16.8. The molecule has 57 heavy (non-hydrogen) atoms. The van der Waals surface area contributed by atoms with Crippen LogP contribution in [0.25, 0.3) is 44.3 Å². The number of carbonyl (C=O) groups excluding carboxylic acids is 1. The van der Waals surface area contributed by atoms with Gasteiger partial charge in [-0.3, -0.25) is 4.79 Å². The minimum absolute atomic E-state index is 0.124. The van der Waals surface area contributed by atoms with E-state index in [-0.39, 0.29) is 28.3 Å². The van der Waals surface area contributed by atoms with E-state index in [1.165, 1.54) is 27.8 Å². The lowest BCUT2D eigenvalue weighted by Crippen LogP contribution is -2.28. The van der Waals surface area contributed by atoms with Crippen LogP contribution in [0.5, 0.6) is 5.75 Å². The van der Waals surface area contributed by atoms with Gasteiger partial charge in [0.05, 0.1) is 11.7 Å². The second-order valence-corrected chi connectivity index (χ2v) is 17.1. The van der Waals surface area contributed by atoms with Crippen molar-refractivity contribution in [2.24, 2.45) is 11.1 Å². The van der Waals surface area contributed by atoms with Crippen LogP contribution in [-0.2, 0) is 18.4 Å². The van der Waals surface area contributed by atoms with Crippen LogP contribution in [0.3, 0.4) is 0 Å². The summed E-state index contributed by atoms with van der Waals surface area (Å²) in [6.45, 7) is 12.0. The number of hydrogen-bond donors (Lipinski definition) is 2.